The number of rotatable bonds is 65. The number of aliphatic hydroxyl groups excluding tert-OH is 4. The number of hydrogen-bond donors (Lipinski definition) is 4. The number of methoxy groups -OCH3 is 1. The van der Waals surface area contributed by atoms with Gasteiger partial charge in [-0.15, -0.1) is 0 Å². The average molecular weight is 1250 g/mol. The highest BCUT2D eigenvalue weighted by Crippen LogP contribution is 2.17. The zero-order valence-electron chi connectivity index (χ0n) is 57.7. The third kappa shape index (κ3) is 70.1. The molecule has 1 unspecified atom stereocenters. The zero-order valence-corrected chi connectivity index (χ0v) is 57.7. The van der Waals surface area contributed by atoms with Gasteiger partial charge in [0.15, 0.2) is 6.10 Å². The first kappa shape index (κ1) is 86.7. The maximum atomic E-state index is 12.8. The monoisotopic (exact) mass is 1250 g/mol. The molecule has 0 aliphatic carbocycles. The van der Waals surface area contributed by atoms with Crippen molar-refractivity contribution in [3.63, 3.8) is 0 Å². The van der Waals surface area contributed by atoms with E-state index in [9.17, 15) is 39.6 Å². The Balaban J connectivity index is 0. The van der Waals surface area contributed by atoms with Crippen molar-refractivity contribution in [1.82, 2.24) is 0 Å². The molecule has 0 saturated carbocycles. The van der Waals surface area contributed by atoms with Crippen molar-refractivity contribution >= 4 is 23.9 Å². The lowest BCUT2D eigenvalue weighted by Crippen LogP contribution is -2.30. The van der Waals surface area contributed by atoms with Gasteiger partial charge >= 0.3 is 23.9 Å². The molecule has 0 radical (unpaired) electrons. The van der Waals surface area contributed by atoms with E-state index in [0.717, 1.165) is 205 Å². The van der Waals surface area contributed by atoms with Gasteiger partial charge in [-0.1, -0.05) is 256 Å². The summed E-state index contributed by atoms with van der Waals surface area (Å²) in [6, 6.07) is 0. The summed E-state index contributed by atoms with van der Waals surface area (Å²) in [5, 5.41) is 40.2. The van der Waals surface area contributed by atoms with Crippen LogP contribution < -0.4 is 0 Å². The van der Waals surface area contributed by atoms with Gasteiger partial charge in [0.05, 0.1) is 31.5 Å². The van der Waals surface area contributed by atoms with Crippen LogP contribution in [0.25, 0.3) is 0 Å². The number of carbonyl (C=O) groups excluding carboxylic acids is 4. The van der Waals surface area contributed by atoms with Crippen LogP contribution in [0.5, 0.6) is 0 Å². The molecule has 5 atom stereocenters. The predicted octanol–water partition coefficient (Wildman–Crippen LogP) is 20.2. The smallest absolute Gasteiger partial charge is 0.306 e. The van der Waals surface area contributed by atoms with E-state index in [1.165, 1.54) is 103 Å². The fourth-order valence-corrected chi connectivity index (χ4v) is 10.4. The minimum atomic E-state index is -0.836. The molecule has 0 bridgehead atoms. The van der Waals surface area contributed by atoms with Crippen LogP contribution in [0.3, 0.4) is 0 Å². The number of carbonyl (C=O) groups is 4. The molecule has 0 aromatic rings. The van der Waals surface area contributed by atoms with Crippen molar-refractivity contribution < 1.29 is 58.6 Å². The fraction of sp³-hybridized carbons (Fsp3) is 0.842. The van der Waals surface area contributed by atoms with Gasteiger partial charge in [0.25, 0.3) is 0 Å². The van der Waals surface area contributed by atoms with E-state index in [-0.39, 0.29) is 67.9 Å². The molecule has 516 valence electrons. The van der Waals surface area contributed by atoms with Gasteiger partial charge in [-0.25, -0.2) is 0 Å². The van der Waals surface area contributed by atoms with Crippen LogP contribution in [0.2, 0.25) is 0 Å². The van der Waals surface area contributed by atoms with E-state index >= 15 is 0 Å². The maximum Gasteiger partial charge on any atom is 0.306 e. The van der Waals surface area contributed by atoms with Crippen molar-refractivity contribution in [1.29, 1.82) is 0 Å². The molecule has 0 amide bonds. The Kier molecular flexibility index (Phi) is 70.1. The first-order chi connectivity index (χ1) is 42.9. The second-order valence-corrected chi connectivity index (χ2v) is 25.1. The van der Waals surface area contributed by atoms with E-state index in [1.807, 2.05) is 0 Å². The zero-order chi connectivity index (χ0) is 64.9. The SMILES string of the molecule is CCCCCC[C@@H](O)C/C=C\CCCCCCCC(=O)OC.CCCCCC[C@H](O)C/C=C\CCCCCCCC(=O)OCC(COC(=O)CCCCCCC/C=C\C[C@H](O)CCCCCC)OC(=O)CCCCCCC/C=C\C[C@H](O)CCCCCC. The molecule has 0 saturated heterocycles. The number of esters is 4. The lowest BCUT2D eigenvalue weighted by molar-refractivity contribution is -0.167. The maximum absolute atomic E-state index is 12.8. The topological polar surface area (TPSA) is 186 Å². The summed E-state index contributed by atoms with van der Waals surface area (Å²) in [6.07, 6.45) is 67.0. The molecular formula is C76H140O12. The molecule has 0 aromatic carbocycles. The van der Waals surface area contributed by atoms with E-state index in [2.05, 4.69) is 81.0 Å². The van der Waals surface area contributed by atoms with Crippen LogP contribution >= 0.6 is 0 Å². The van der Waals surface area contributed by atoms with Crippen LogP contribution in [0.1, 0.15) is 362 Å². The molecule has 0 aliphatic heterocycles. The fourth-order valence-electron chi connectivity index (χ4n) is 10.4. The Bertz CT molecular complexity index is 1570. The summed E-state index contributed by atoms with van der Waals surface area (Å²) in [6.45, 7) is 8.54. The average Bonchev–Trinajstić information content (AvgIpc) is 3.52. The van der Waals surface area contributed by atoms with E-state index in [4.69, 9.17) is 14.2 Å². The highest BCUT2D eigenvalue weighted by Gasteiger charge is 2.20. The standard InChI is InChI=1S/C57H104O9.C19H36O3/c1-4-7-10-31-40-51(58)43-34-25-19-13-16-22-28-37-46-55(61)64-49-54(66-57(63)48-39-30-24-18-15-21-27-36-45-53(60)42-33-12-9-6-3)50-65-56(62)47-38-29-23-17-14-20-26-35-44-52(59)41-32-11-8-5-2;1-3-4-5-12-15-18(20)16-13-10-8-6-7-9-11-14-17-19(21)22-2/h25-27,34-36,51-54,58-60H,4-24,28-33,37-50H2,1-3H3;10,13,18,20H,3-9,11-12,14-17H2,1-2H3/b34-25-,35-26-,36-27-;13-10-/t51-,52+,53-,54?;18-/m11/s1. The van der Waals surface area contributed by atoms with Crippen molar-refractivity contribution in [2.75, 3.05) is 20.3 Å². The molecule has 0 aliphatic rings. The minimum absolute atomic E-state index is 0.101. The highest BCUT2D eigenvalue weighted by molar-refractivity contribution is 5.71. The minimum Gasteiger partial charge on any atom is -0.469 e. The largest absolute Gasteiger partial charge is 0.469 e. The van der Waals surface area contributed by atoms with Crippen molar-refractivity contribution in [3.05, 3.63) is 48.6 Å². The number of ether oxygens (including phenoxy) is 4. The second kappa shape index (κ2) is 71.1. The van der Waals surface area contributed by atoms with Gasteiger partial charge in [0, 0.05) is 25.7 Å². The third-order valence-corrected chi connectivity index (χ3v) is 16.3. The molecule has 0 aromatic heterocycles. The summed E-state index contributed by atoms with van der Waals surface area (Å²) >= 11 is 0. The van der Waals surface area contributed by atoms with Crippen LogP contribution in [0.15, 0.2) is 48.6 Å². The van der Waals surface area contributed by atoms with Crippen molar-refractivity contribution in [2.45, 2.75) is 392 Å². The van der Waals surface area contributed by atoms with Gasteiger partial charge in [0.1, 0.15) is 13.2 Å². The Morgan fingerprint density at radius 3 is 0.807 bits per heavy atom. The van der Waals surface area contributed by atoms with Crippen LogP contribution in [-0.2, 0) is 38.1 Å². The number of aliphatic hydroxyl groups is 4. The van der Waals surface area contributed by atoms with Gasteiger partial charge in [-0.2, -0.15) is 0 Å². The van der Waals surface area contributed by atoms with Gasteiger partial charge in [-0.3, -0.25) is 19.2 Å². The molecule has 0 rings (SSSR count). The van der Waals surface area contributed by atoms with E-state index in [0.29, 0.717) is 25.7 Å². The Morgan fingerprint density at radius 1 is 0.295 bits per heavy atom. The van der Waals surface area contributed by atoms with Crippen molar-refractivity contribution in [3.8, 4) is 0 Å². The lowest BCUT2D eigenvalue weighted by atomic mass is 10.1. The van der Waals surface area contributed by atoms with Gasteiger partial charge < -0.3 is 39.4 Å². The summed E-state index contributed by atoms with van der Waals surface area (Å²) in [5.74, 6) is -1.14. The van der Waals surface area contributed by atoms with Crippen LogP contribution in [0, 0.1) is 0 Å². The first-order valence-electron chi connectivity index (χ1n) is 36.8. The Labute approximate surface area is 541 Å². The molecule has 0 heterocycles. The molecule has 12 heteroatoms. The molecule has 12 nitrogen and oxygen atoms in total. The third-order valence-electron chi connectivity index (χ3n) is 16.3. The number of hydrogen-bond acceptors (Lipinski definition) is 12. The molecule has 0 fully saturated rings. The first-order valence-corrected chi connectivity index (χ1v) is 36.8. The lowest BCUT2D eigenvalue weighted by Gasteiger charge is -2.18. The summed E-state index contributed by atoms with van der Waals surface area (Å²) in [4.78, 5) is 49.0. The van der Waals surface area contributed by atoms with E-state index in [1.54, 1.807) is 0 Å². The summed E-state index contributed by atoms with van der Waals surface area (Å²) in [7, 11) is 1.44. The van der Waals surface area contributed by atoms with Crippen LogP contribution in [-0.4, -0.2) is 95.1 Å². The summed E-state index contributed by atoms with van der Waals surface area (Å²) in [5.41, 5.74) is 0. The van der Waals surface area contributed by atoms with E-state index < -0.39 is 6.10 Å². The predicted molar refractivity (Wildman–Crippen MR) is 367 cm³/mol. The Morgan fingerprint density at radius 2 is 0.534 bits per heavy atom. The second-order valence-electron chi connectivity index (χ2n) is 25.1. The molecule has 4 N–H and O–H groups in total. The van der Waals surface area contributed by atoms with Gasteiger partial charge in [0.2, 0.25) is 0 Å². The van der Waals surface area contributed by atoms with Gasteiger partial charge in [-0.05, 0) is 128 Å². The molecule has 88 heavy (non-hydrogen) atoms. The highest BCUT2D eigenvalue weighted by atomic mass is 16.6. The normalized spacial score (nSPS) is 13.5. The molecule has 0 spiro atoms. The van der Waals surface area contributed by atoms with Crippen molar-refractivity contribution in [2.24, 2.45) is 0 Å². The number of unbranched alkanes of at least 4 members (excludes halogenated alkanes) is 32. The Hall–Kier alpha value is -3.32. The van der Waals surface area contributed by atoms with Crippen LogP contribution in [0.4, 0.5) is 0 Å². The quantitative estimate of drug-likeness (QED) is 0.0196. The number of allylic oxidation sites excluding steroid dienone is 4. The molecular weight excluding hydrogens is 1100 g/mol. The summed E-state index contributed by atoms with van der Waals surface area (Å²) < 4.78 is 21.3.